The molecule has 0 aromatic heterocycles. The van der Waals surface area contributed by atoms with Gasteiger partial charge in [0.15, 0.2) is 0 Å². The van der Waals surface area contributed by atoms with Gasteiger partial charge >= 0.3 is 5.97 Å². The maximum absolute atomic E-state index is 10.7. The standard InChI is InChI=1S/C14H12O2.2ClH/c1-10-4-2-3-5-13(10)11-6-8-12(9-7-11)14(15)16;;/h2-9H,1H3,(H,15,16);2*1H. The highest BCUT2D eigenvalue weighted by atomic mass is 35.5. The van der Waals surface area contributed by atoms with Gasteiger partial charge in [0.05, 0.1) is 5.56 Å². The van der Waals surface area contributed by atoms with Gasteiger partial charge in [0, 0.05) is 0 Å². The van der Waals surface area contributed by atoms with Gasteiger partial charge in [-0.05, 0) is 35.7 Å². The Morgan fingerprint density at radius 1 is 0.944 bits per heavy atom. The number of aryl methyl sites for hydroxylation is 1. The van der Waals surface area contributed by atoms with Crippen molar-refractivity contribution in [2.45, 2.75) is 6.92 Å². The van der Waals surface area contributed by atoms with E-state index in [9.17, 15) is 4.79 Å². The van der Waals surface area contributed by atoms with E-state index in [1.54, 1.807) is 12.1 Å². The number of carboxylic acids is 1. The smallest absolute Gasteiger partial charge is 0.335 e. The van der Waals surface area contributed by atoms with Crippen molar-refractivity contribution in [3.63, 3.8) is 0 Å². The summed E-state index contributed by atoms with van der Waals surface area (Å²) in [5.74, 6) is -0.892. The molecule has 0 fully saturated rings. The van der Waals surface area contributed by atoms with E-state index in [0.717, 1.165) is 11.1 Å². The van der Waals surface area contributed by atoms with Crippen molar-refractivity contribution in [2.75, 3.05) is 0 Å². The third-order valence-electron chi connectivity index (χ3n) is 2.59. The molecule has 2 rings (SSSR count). The molecule has 0 aliphatic carbocycles. The zero-order valence-electron chi connectivity index (χ0n) is 9.79. The minimum atomic E-state index is -0.892. The first kappa shape index (κ1) is 16.5. The monoisotopic (exact) mass is 284 g/mol. The number of carboxylic acid groups (broad SMARTS) is 1. The van der Waals surface area contributed by atoms with Crippen LogP contribution < -0.4 is 0 Å². The Balaban J connectivity index is 0.00000144. The fourth-order valence-corrected chi connectivity index (χ4v) is 1.69. The largest absolute Gasteiger partial charge is 0.478 e. The summed E-state index contributed by atoms with van der Waals surface area (Å²) in [5, 5.41) is 8.80. The molecule has 0 spiro atoms. The van der Waals surface area contributed by atoms with Crippen molar-refractivity contribution >= 4 is 30.8 Å². The first-order chi connectivity index (χ1) is 7.68. The van der Waals surface area contributed by atoms with Crippen LogP contribution in [0, 0.1) is 6.92 Å². The lowest BCUT2D eigenvalue weighted by atomic mass is 10.00. The molecule has 0 saturated heterocycles. The molecule has 0 aliphatic heterocycles. The minimum absolute atomic E-state index is 0. The van der Waals surface area contributed by atoms with E-state index in [1.165, 1.54) is 5.56 Å². The van der Waals surface area contributed by atoms with Crippen molar-refractivity contribution in [2.24, 2.45) is 0 Å². The zero-order chi connectivity index (χ0) is 11.5. The van der Waals surface area contributed by atoms with Gasteiger partial charge in [0.2, 0.25) is 0 Å². The summed E-state index contributed by atoms with van der Waals surface area (Å²) < 4.78 is 0. The van der Waals surface area contributed by atoms with Crippen LogP contribution in [0.4, 0.5) is 0 Å². The normalized spacial score (nSPS) is 8.94. The molecular weight excluding hydrogens is 271 g/mol. The van der Waals surface area contributed by atoms with Gasteiger partial charge < -0.3 is 5.11 Å². The summed E-state index contributed by atoms with van der Waals surface area (Å²) in [5.41, 5.74) is 3.69. The van der Waals surface area contributed by atoms with Crippen molar-refractivity contribution < 1.29 is 9.90 Å². The summed E-state index contributed by atoms with van der Waals surface area (Å²) in [7, 11) is 0. The van der Waals surface area contributed by atoms with Crippen LogP contribution in [0.5, 0.6) is 0 Å². The number of aromatic carboxylic acids is 1. The van der Waals surface area contributed by atoms with E-state index in [-0.39, 0.29) is 24.8 Å². The molecule has 4 heteroatoms. The lowest BCUT2D eigenvalue weighted by molar-refractivity contribution is 0.0697. The van der Waals surface area contributed by atoms with Crippen LogP contribution in [0.25, 0.3) is 11.1 Å². The second kappa shape index (κ2) is 7.04. The lowest BCUT2D eigenvalue weighted by Gasteiger charge is -2.05. The van der Waals surface area contributed by atoms with Gasteiger partial charge in [-0.25, -0.2) is 4.79 Å². The second-order valence-electron chi connectivity index (χ2n) is 3.70. The Bertz CT molecular complexity index is 522. The Labute approximate surface area is 118 Å². The first-order valence-electron chi connectivity index (χ1n) is 5.08. The third kappa shape index (κ3) is 3.49. The first-order valence-corrected chi connectivity index (χ1v) is 5.08. The number of halogens is 2. The SMILES string of the molecule is Cc1ccccc1-c1ccc(C(=O)O)cc1.Cl.Cl. The molecule has 0 saturated carbocycles. The highest BCUT2D eigenvalue weighted by Crippen LogP contribution is 2.23. The predicted molar refractivity (Wildman–Crippen MR) is 78.1 cm³/mol. The molecule has 2 aromatic rings. The molecule has 0 amide bonds. The highest BCUT2D eigenvalue weighted by molar-refractivity contribution is 5.88. The zero-order valence-corrected chi connectivity index (χ0v) is 11.4. The predicted octanol–water partition coefficient (Wildman–Crippen LogP) is 4.20. The molecule has 0 radical (unpaired) electrons. The van der Waals surface area contributed by atoms with E-state index in [0.29, 0.717) is 5.56 Å². The summed E-state index contributed by atoms with van der Waals surface area (Å²) in [6.07, 6.45) is 0. The van der Waals surface area contributed by atoms with E-state index >= 15 is 0 Å². The second-order valence-corrected chi connectivity index (χ2v) is 3.70. The number of benzene rings is 2. The minimum Gasteiger partial charge on any atom is -0.478 e. The van der Waals surface area contributed by atoms with Gasteiger partial charge in [-0.15, -0.1) is 24.8 Å². The summed E-state index contributed by atoms with van der Waals surface area (Å²) in [6.45, 7) is 2.04. The molecule has 0 heterocycles. The number of rotatable bonds is 2. The van der Waals surface area contributed by atoms with Gasteiger partial charge in [-0.2, -0.15) is 0 Å². The molecule has 1 N–H and O–H groups in total. The van der Waals surface area contributed by atoms with E-state index < -0.39 is 5.97 Å². The Morgan fingerprint density at radius 3 is 2.00 bits per heavy atom. The number of hydrogen-bond donors (Lipinski definition) is 1. The molecule has 96 valence electrons. The van der Waals surface area contributed by atoms with Crippen LogP contribution in [-0.2, 0) is 0 Å². The quantitative estimate of drug-likeness (QED) is 0.897. The van der Waals surface area contributed by atoms with Gasteiger partial charge in [-0.1, -0.05) is 36.4 Å². The van der Waals surface area contributed by atoms with E-state index in [1.807, 2.05) is 43.3 Å². The van der Waals surface area contributed by atoms with Crippen molar-refractivity contribution in [3.8, 4) is 11.1 Å². The molecule has 0 aliphatic rings. The van der Waals surface area contributed by atoms with E-state index in [4.69, 9.17) is 5.11 Å². The molecule has 0 unspecified atom stereocenters. The van der Waals surface area contributed by atoms with Gasteiger partial charge in [0.1, 0.15) is 0 Å². The molecule has 0 bridgehead atoms. The molecular formula is C14H14Cl2O2. The third-order valence-corrected chi connectivity index (χ3v) is 2.59. The average molecular weight is 285 g/mol. The maximum atomic E-state index is 10.7. The molecule has 2 aromatic carbocycles. The number of hydrogen-bond acceptors (Lipinski definition) is 1. The summed E-state index contributed by atoms with van der Waals surface area (Å²) >= 11 is 0. The van der Waals surface area contributed by atoms with Crippen molar-refractivity contribution in [3.05, 3.63) is 59.7 Å². The van der Waals surface area contributed by atoms with Crippen LogP contribution in [-0.4, -0.2) is 11.1 Å². The fraction of sp³-hybridized carbons (Fsp3) is 0.0714. The maximum Gasteiger partial charge on any atom is 0.335 e. The van der Waals surface area contributed by atoms with Crippen LogP contribution >= 0.6 is 24.8 Å². The topological polar surface area (TPSA) is 37.3 Å². The van der Waals surface area contributed by atoms with Gasteiger partial charge in [-0.3, -0.25) is 0 Å². The van der Waals surface area contributed by atoms with Crippen LogP contribution in [0.3, 0.4) is 0 Å². The Kier molecular flexibility index (Phi) is 6.45. The molecule has 2 nitrogen and oxygen atoms in total. The average Bonchev–Trinajstić information content (AvgIpc) is 2.30. The van der Waals surface area contributed by atoms with Crippen LogP contribution in [0.15, 0.2) is 48.5 Å². The lowest BCUT2D eigenvalue weighted by Crippen LogP contribution is -1.95. The van der Waals surface area contributed by atoms with Crippen LogP contribution in [0.2, 0.25) is 0 Å². The van der Waals surface area contributed by atoms with Crippen LogP contribution in [0.1, 0.15) is 15.9 Å². The van der Waals surface area contributed by atoms with Crippen molar-refractivity contribution in [1.82, 2.24) is 0 Å². The number of carbonyl (C=O) groups is 1. The molecule has 18 heavy (non-hydrogen) atoms. The highest BCUT2D eigenvalue weighted by Gasteiger charge is 2.04. The van der Waals surface area contributed by atoms with E-state index in [2.05, 4.69) is 0 Å². The van der Waals surface area contributed by atoms with Crippen molar-refractivity contribution in [1.29, 1.82) is 0 Å². The summed E-state index contributed by atoms with van der Waals surface area (Å²) in [6, 6.07) is 15.0. The fourth-order valence-electron chi connectivity index (χ4n) is 1.69. The van der Waals surface area contributed by atoms with Gasteiger partial charge in [0.25, 0.3) is 0 Å². The summed E-state index contributed by atoms with van der Waals surface area (Å²) in [4.78, 5) is 10.7. The molecule has 0 atom stereocenters. The Hall–Kier alpha value is -1.51. The Morgan fingerprint density at radius 2 is 1.50 bits per heavy atom.